The van der Waals surface area contributed by atoms with Crippen molar-refractivity contribution < 1.29 is 27.2 Å². The van der Waals surface area contributed by atoms with Crippen LogP contribution in [0.2, 0.25) is 0 Å². The third-order valence-electron chi connectivity index (χ3n) is 3.83. The summed E-state index contributed by atoms with van der Waals surface area (Å²) in [5.41, 5.74) is 1.68. The van der Waals surface area contributed by atoms with Crippen molar-refractivity contribution in [2.24, 2.45) is 0 Å². The molecule has 0 fully saturated rings. The molecule has 0 atom stereocenters. The predicted octanol–water partition coefficient (Wildman–Crippen LogP) is 4.81. The summed E-state index contributed by atoms with van der Waals surface area (Å²) in [6, 6.07) is 11.5. The van der Waals surface area contributed by atoms with Crippen LogP contribution in [0.4, 0.5) is 0 Å². The molecule has 0 aliphatic carbocycles. The zero-order valence-electron chi connectivity index (χ0n) is 14.2. The maximum absolute atomic E-state index is 12.3. The first-order valence-corrected chi connectivity index (χ1v) is 10.7. The zero-order chi connectivity index (χ0) is 17.8. The third kappa shape index (κ3) is 4.54. The molecule has 0 saturated heterocycles. The molecular formula is C16H22O6P2. The minimum absolute atomic E-state index is 0.189. The molecule has 0 radical (unpaired) electrons. The van der Waals surface area contributed by atoms with Gasteiger partial charge >= 0.3 is 15.2 Å². The summed E-state index contributed by atoms with van der Waals surface area (Å²) in [7, 11) is -0.755. The quantitative estimate of drug-likeness (QED) is 0.619. The highest BCUT2D eigenvalue weighted by Crippen LogP contribution is 2.51. The normalized spacial score (nSPS) is 12.7. The molecule has 0 aliphatic rings. The molecule has 0 heterocycles. The molecule has 0 amide bonds. The Labute approximate surface area is 142 Å². The molecule has 132 valence electrons. The highest BCUT2D eigenvalue weighted by Gasteiger charge is 2.23. The Kier molecular flexibility index (Phi) is 6.38. The molecule has 8 heteroatoms. The molecule has 6 nitrogen and oxygen atoms in total. The molecule has 0 aliphatic heterocycles. The van der Waals surface area contributed by atoms with Crippen molar-refractivity contribution in [3.63, 3.8) is 0 Å². The Hall–Kier alpha value is -1.00. The van der Waals surface area contributed by atoms with E-state index in [1.165, 1.54) is 28.4 Å². The monoisotopic (exact) mass is 372 g/mol. The highest BCUT2D eigenvalue weighted by molar-refractivity contribution is 7.53. The highest BCUT2D eigenvalue weighted by atomic mass is 31.2. The van der Waals surface area contributed by atoms with E-state index in [0.717, 1.165) is 21.9 Å². The van der Waals surface area contributed by atoms with E-state index >= 15 is 0 Å². The number of fused-ring (bicyclic) bond motifs is 1. The largest absolute Gasteiger partial charge is 0.334 e. The van der Waals surface area contributed by atoms with E-state index in [4.69, 9.17) is 18.1 Å². The van der Waals surface area contributed by atoms with Gasteiger partial charge in [-0.1, -0.05) is 36.4 Å². The zero-order valence-corrected chi connectivity index (χ0v) is 16.0. The van der Waals surface area contributed by atoms with Gasteiger partial charge in [-0.2, -0.15) is 0 Å². The van der Waals surface area contributed by atoms with E-state index in [1.54, 1.807) is 0 Å². The molecule has 0 aromatic heterocycles. The first-order valence-electron chi connectivity index (χ1n) is 7.29. The second-order valence-corrected chi connectivity index (χ2v) is 9.82. The van der Waals surface area contributed by atoms with E-state index in [1.807, 2.05) is 36.4 Å². The second kappa shape index (κ2) is 7.92. The number of hydrogen-bond donors (Lipinski definition) is 0. The van der Waals surface area contributed by atoms with Crippen molar-refractivity contribution in [2.45, 2.75) is 12.3 Å². The molecule has 0 saturated carbocycles. The van der Waals surface area contributed by atoms with Crippen molar-refractivity contribution in [3.8, 4) is 0 Å². The van der Waals surface area contributed by atoms with Crippen LogP contribution in [0, 0.1) is 0 Å². The van der Waals surface area contributed by atoms with Crippen molar-refractivity contribution in [1.82, 2.24) is 0 Å². The van der Waals surface area contributed by atoms with E-state index in [0.29, 0.717) is 0 Å². The fourth-order valence-electron chi connectivity index (χ4n) is 2.40. The first kappa shape index (κ1) is 19.3. The number of rotatable bonds is 8. The van der Waals surface area contributed by atoms with Crippen LogP contribution in [-0.4, -0.2) is 28.4 Å². The minimum atomic E-state index is -3.12. The van der Waals surface area contributed by atoms with Gasteiger partial charge in [0.2, 0.25) is 0 Å². The van der Waals surface area contributed by atoms with Gasteiger partial charge in [0.1, 0.15) is 0 Å². The van der Waals surface area contributed by atoms with Crippen LogP contribution in [0.1, 0.15) is 11.1 Å². The van der Waals surface area contributed by atoms with E-state index in [-0.39, 0.29) is 12.3 Å². The maximum atomic E-state index is 12.3. The minimum Gasteiger partial charge on any atom is -0.312 e. The average molecular weight is 372 g/mol. The Morgan fingerprint density at radius 3 is 1.38 bits per heavy atom. The van der Waals surface area contributed by atoms with Crippen LogP contribution in [-0.2, 0) is 39.5 Å². The number of benzene rings is 2. The molecule has 0 bridgehead atoms. The van der Waals surface area contributed by atoms with Gasteiger partial charge in [0.15, 0.2) is 0 Å². The van der Waals surface area contributed by atoms with Gasteiger partial charge in [0.25, 0.3) is 0 Å². The fraction of sp³-hybridized carbons (Fsp3) is 0.375. The summed E-state index contributed by atoms with van der Waals surface area (Å²) in [6.07, 6.45) is 0.379. The molecule has 2 aromatic carbocycles. The van der Waals surface area contributed by atoms with Gasteiger partial charge in [-0.15, -0.1) is 0 Å². The molecule has 24 heavy (non-hydrogen) atoms. The van der Waals surface area contributed by atoms with Crippen molar-refractivity contribution in [1.29, 1.82) is 0 Å². The summed E-state index contributed by atoms with van der Waals surface area (Å²) in [4.78, 5) is 0. The standard InChI is InChI=1S/C16H22O6P2/c1-19-23(17,20-2)11-13-5-7-15-8-6-14(10-16(15)9-13)12-24(18,21-3)22-4/h5-10H,11-12H2,1-4H3. The van der Waals surface area contributed by atoms with E-state index in [9.17, 15) is 9.13 Å². The molecule has 2 aromatic rings. The predicted molar refractivity (Wildman–Crippen MR) is 94.6 cm³/mol. The smallest absolute Gasteiger partial charge is 0.312 e. The summed E-state index contributed by atoms with van der Waals surface area (Å²) >= 11 is 0. The average Bonchev–Trinajstić information content (AvgIpc) is 2.61. The summed E-state index contributed by atoms with van der Waals surface area (Å²) < 4.78 is 44.5. The Morgan fingerprint density at radius 2 is 1.04 bits per heavy atom. The molecule has 2 rings (SSSR count). The lowest BCUT2D eigenvalue weighted by molar-refractivity contribution is 0.274. The van der Waals surface area contributed by atoms with Gasteiger partial charge in [0, 0.05) is 28.4 Å². The van der Waals surface area contributed by atoms with Crippen molar-refractivity contribution >= 4 is 26.0 Å². The fourth-order valence-corrected chi connectivity index (χ4v) is 4.50. The van der Waals surface area contributed by atoms with Gasteiger partial charge in [-0.3, -0.25) is 9.13 Å². The van der Waals surface area contributed by atoms with Crippen LogP contribution >= 0.6 is 15.2 Å². The van der Waals surface area contributed by atoms with Crippen molar-refractivity contribution in [2.75, 3.05) is 28.4 Å². The lowest BCUT2D eigenvalue weighted by atomic mass is 10.1. The lowest BCUT2D eigenvalue weighted by Crippen LogP contribution is -1.95. The van der Waals surface area contributed by atoms with E-state index in [2.05, 4.69) is 0 Å². The van der Waals surface area contributed by atoms with Gasteiger partial charge in [0.05, 0.1) is 12.3 Å². The third-order valence-corrected chi connectivity index (χ3v) is 7.56. The second-order valence-electron chi connectivity index (χ2n) is 5.28. The van der Waals surface area contributed by atoms with Crippen LogP contribution in [0.15, 0.2) is 36.4 Å². The molecule has 0 unspecified atom stereocenters. The van der Waals surface area contributed by atoms with Crippen LogP contribution in [0.5, 0.6) is 0 Å². The lowest BCUT2D eigenvalue weighted by Gasteiger charge is -2.15. The number of hydrogen-bond acceptors (Lipinski definition) is 6. The van der Waals surface area contributed by atoms with Gasteiger partial charge in [-0.25, -0.2) is 0 Å². The van der Waals surface area contributed by atoms with E-state index < -0.39 is 15.2 Å². The molecule has 0 N–H and O–H groups in total. The van der Waals surface area contributed by atoms with Gasteiger partial charge in [-0.05, 0) is 21.9 Å². The van der Waals surface area contributed by atoms with Crippen LogP contribution in [0.25, 0.3) is 10.8 Å². The summed E-state index contributed by atoms with van der Waals surface area (Å²) in [6.45, 7) is 0. The van der Waals surface area contributed by atoms with Gasteiger partial charge < -0.3 is 18.1 Å². The summed E-state index contributed by atoms with van der Waals surface area (Å²) in [5.74, 6) is 0. The maximum Gasteiger partial charge on any atom is 0.334 e. The molecular weight excluding hydrogens is 350 g/mol. The molecule has 0 spiro atoms. The van der Waals surface area contributed by atoms with Crippen LogP contribution in [0.3, 0.4) is 0 Å². The summed E-state index contributed by atoms with van der Waals surface area (Å²) in [5, 5.41) is 1.97. The Bertz CT molecular complexity index is 726. The first-order chi connectivity index (χ1) is 11.4. The topological polar surface area (TPSA) is 71.1 Å². The van der Waals surface area contributed by atoms with Crippen molar-refractivity contribution in [3.05, 3.63) is 47.5 Å². The Morgan fingerprint density at radius 1 is 0.667 bits per heavy atom. The Balaban J connectivity index is 2.34. The SMILES string of the molecule is COP(=O)(Cc1ccc2ccc(CP(=O)(OC)OC)cc2c1)OC. The van der Waals surface area contributed by atoms with Crippen LogP contribution < -0.4 is 0 Å².